The van der Waals surface area contributed by atoms with Gasteiger partial charge in [-0.25, -0.2) is 0 Å². The van der Waals surface area contributed by atoms with Crippen LogP contribution in [0.2, 0.25) is 0 Å². The minimum Gasteiger partial charge on any atom is -0.494 e. The van der Waals surface area contributed by atoms with Crippen LogP contribution in [0.25, 0.3) is 0 Å². The van der Waals surface area contributed by atoms with E-state index >= 15 is 0 Å². The summed E-state index contributed by atoms with van der Waals surface area (Å²) in [5.74, 6) is 0.704. The predicted molar refractivity (Wildman–Crippen MR) is 120 cm³/mol. The van der Waals surface area contributed by atoms with Gasteiger partial charge < -0.3 is 15.4 Å². The molecule has 0 saturated carbocycles. The van der Waals surface area contributed by atoms with Gasteiger partial charge in [0.2, 0.25) is 5.91 Å². The number of rotatable bonds is 6. The summed E-state index contributed by atoms with van der Waals surface area (Å²) in [5.41, 5.74) is 4.51. The van der Waals surface area contributed by atoms with Crippen molar-refractivity contribution in [1.29, 1.82) is 0 Å². The van der Waals surface area contributed by atoms with Crippen molar-refractivity contribution < 1.29 is 9.53 Å². The molecule has 0 heterocycles. The highest BCUT2D eigenvalue weighted by atomic mass is 32.1. The molecule has 0 atom stereocenters. The number of anilines is 1. The van der Waals surface area contributed by atoms with Gasteiger partial charge in [0.15, 0.2) is 5.11 Å². The SMILES string of the molecule is Cc1ccc(C)c(NC(=S)NC(=O)CCCOc2ccc(C(C)(C)C)cc2)c1. The first-order valence-electron chi connectivity index (χ1n) is 9.56. The van der Waals surface area contributed by atoms with Crippen molar-refractivity contribution >= 4 is 28.9 Å². The van der Waals surface area contributed by atoms with Gasteiger partial charge in [-0.3, -0.25) is 4.79 Å². The van der Waals surface area contributed by atoms with E-state index in [0.717, 1.165) is 22.6 Å². The van der Waals surface area contributed by atoms with Crippen molar-refractivity contribution in [3.8, 4) is 5.75 Å². The smallest absolute Gasteiger partial charge is 0.226 e. The molecule has 0 saturated heterocycles. The fraction of sp³-hybridized carbons (Fsp3) is 0.391. The van der Waals surface area contributed by atoms with Crippen LogP contribution in [0.15, 0.2) is 42.5 Å². The molecular weight excluding hydrogens is 368 g/mol. The van der Waals surface area contributed by atoms with Crippen LogP contribution in [-0.2, 0) is 10.2 Å². The molecule has 0 aliphatic rings. The maximum Gasteiger partial charge on any atom is 0.226 e. The molecule has 0 fully saturated rings. The standard InChI is InChI=1S/C23H30N2O2S/c1-16-8-9-17(2)20(15-16)24-22(28)25-21(26)7-6-14-27-19-12-10-18(11-13-19)23(3,4)5/h8-13,15H,6-7,14H2,1-5H3,(H2,24,25,26,28). The van der Waals surface area contributed by atoms with Gasteiger partial charge in [0, 0.05) is 12.1 Å². The van der Waals surface area contributed by atoms with E-state index in [1.54, 1.807) is 0 Å². The number of ether oxygens (including phenoxy) is 1. The Kier molecular flexibility index (Phi) is 7.58. The van der Waals surface area contributed by atoms with Gasteiger partial charge in [-0.15, -0.1) is 0 Å². The summed E-state index contributed by atoms with van der Waals surface area (Å²) >= 11 is 5.24. The molecule has 0 unspecified atom stereocenters. The fourth-order valence-electron chi connectivity index (χ4n) is 2.69. The highest BCUT2D eigenvalue weighted by molar-refractivity contribution is 7.80. The van der Waals surface area contributed by atoms with Gasteiger partial charge in [-0.2, -0.15) is 0 Å². The molecule has 1 amide bonds. The molecule has 0 aliphatic heterocycles. The van der Waals surface area contributed by atoms with E-state index in [0.29, 0.717) is 24.6 Å². The number of benzene rings is 2. The van der Waals surface area contributed by atoms with E-state index in [1.807, 2.05) is 44.2 Å². The number of thiocarbonyl (C=S) groups is 1. The molecule has 2 aromatic carbocycles. The summed E-state index contributed by atoms with van der Waals surface area (Å²) in [6.07, 6.45) is 0.980. The molecule has 2 rings (SSSR count). The Morgan fingerprint density at radius 1 is 1.07 bits per heavy atom. The number of aryl methyl sites for hydroxylation is 2. The third-order valence-corrected chi connectivity index (χ3v) is 4.64. The summed E-state index contributed by atoms with van der Waals surface area (Å²) in [6.45, 7) is 11.0. The van der Waals surface area contributed by atoms with Crippen molar-refractivity contribution in [3.63, 3.8) is 0 Å². The highest BCUT2D eigenvalue weighted by Gasteiger charge is 2.13. The topological polar surface area (TPSA) is 50.4 Å². The number of carbonyl (C=O) groups excluding carboxylic acids is 1. The number of hydrogen-bond acceptors (Lipinski definition) is 3. The molecule has 0 radical (unpaired) electrons. The molecule has 150 valence electrons. The first-order chi connectivity index (χ1) is 13.1. The van der Waals surface area contributed by atoms with Crippen molar-refractivity contribution in [2.45, 2.75) is 52.9 Å². The van der Waals surface area contributed by atoms with Crippen LogP contribution in [0.5, 0.6) is 5.75 Å². The maximum absolute atomic E-state index is 12.1. The summed E-state index contributed by atoms with van der Waals surface area (Å²) in [7, 11) is 0. The van der Waals surface area contributed by atoms with E-state index in [4.69, 9.17) is 17.0 Å². The zero-order chi connectivity index (χ0) is 20.7. The average Bonchev–Trinajstić information content (AvgIpc) is 2.61. The number of nitrogens with one attached hydrogen (secondary N) is 2. The van der Waals surface area contributed by atoms with Crippen LogP contribution in [0, 0.1) is 13.8 Å². The van der Waals surface area contributed by atoms with Gasteiger partial charge in [-0.05, 0) is 72.8 Å². The van der Waals surface area contributed by atoms with Crippen molar-refractivity contribution in [3.05, 3.63) is 59.2 Å². The maximum atomic E-state index is 12.1. The fourth-order valence-corrected chi connectivity index (χ4v) is 2.91. The molecule has 0 bridgehead atoms. The third-order valence-electron chi connectivity index (χ3n) is 4.43. The van der Waals surface area contributed by atoms with Crippen molar-refractivity contribution in [1.82, 2.24) is 5.32 Å². The zero-order valence-electron chi connectivity index (χ0n) is 17.4. The molecule has 0 aromatic heterocycles. The third kappa shape index (κ3) is 6.97. The summed E-state index contributed by atoms with van der Waals surface area (Å²) in [5, 5.41) is 6.12. The number of amides is 1. The lowest BCUT2D eigenvalue weighted by molar-refractivity contribution is -0.119. The average molecular weight is 399 g/mol. The van der Waals surface area contributed by atoms with Crippen LogP contribution >= 0.6 is 12.2 Å². The Hall–Kier alpha value is -2.40. The molecule has 4 nitrogen and oxygen atoms in total. The molecule has 0 spiro atoms. The molecule has 2 N–H and O–H groups in total. The van der Waals surface area contributed by atoms with Gasteiger partial charge in [0.05, 0.1) is 6.61 Å². The second kappa shape index (κ2) is 9.69. The minimum absolute atomic E-state index is 0.116. The van der Waals surface area contributed by atoms with Crippen LogP contribution in [0.4, 0.5) is 5.69 Å². The Morgan fingerprint density at radius 3 is 2.39 bits per heavy atom. The van der Waals surface area contributed by atoms with Crippen LogP contribution in [-0.4, -0.2) is 17.6 Å². The Labute approximate surface area is 173 Å². The Morgan fingerprint density at radius 2 is 1.75 bits per heavy atom. The Balaban J connectivity index is 1.71. The van der Waals surface area contributed by atoms with E-state index in [2.05, 4.69) is 43.5 Å². The lowest BCUT2D eigenvalue weighted by Gasteiger charge is -2.19. The first-order valence-corrected chi connectivity index (χ1v) is 9.97. The minimum atomic E-state index is -0.116. The van der Waals surface area contributed by atoms with E-state index in [1.165, 1.54) is 5.56 Å². The largest absolute Gasteiger partial charge is 0.494 e. The predicted octanol–water partition coefficient (Wildman–Crippen LogP) is 5.27. The van der Waals surface area contributed by atoms with Gasteiger partial charge in [0.1, 0.15) is 5.75 Å². The van der Waals surface area contributed by atoms with Crippen LogP contribution in [0.1, 0.15) is 50.3 Å². The molecule has 0 aliphatic carbocycles. The quantitative estimate of drug-likeness (QED) is 0.514. The Bertz CT molecular complexity index is 823. The number of hydrogen-bond donors (Lipinski definition) is 2. The highest BCUT2D eigenvalue weighted by Crippen LogP contribution is 2.24. The lowest BCUT2D eigenvalue weighted by Crippen LogP contribution is -2.34. The molecular formula is C23H30N2O2S. The van der Waals surface area contributed by atoms with Crippen molar-refractivity contribution in [2.75, 3.05) is 11.9 Å². The van der Waals surface area contributed by atoms with Gasteiger partial charge >= 0.3 is 0 Å². The van der Waals surface area contributed by atoms with Gasteiger partial charge in [-0.1, -0.05) is 45.0 Å². The monoisotopic (exact) mass is 398 g/mol. The number of carbonyl (C=O) groups is 1. The normalized spacial score (nSPS) is 11.0. The summed E-state index contributed by atoms with van der Waals surface area (Å²) < 4.78 is 5.73. The van der Waals surface area contributed by atoms with E-state index in [-0.39, 0.29) is 11.3 Å². The van der Waals surface area contributed by atoms with Crippen molar-refractivity contribution in [2.24, 2.45) is 0 Å². The summed E-state index contributed by atoms with van der Waals surface area (Å²) in [4.78, 5) is 12.1. The molecule has 2 aromatic rings. The van der Waals surface area contributed by atoms with Crippen LogP contribution < -0.4 is 15.4 Å². The first kappa shape index (κ1) is 21.9. The lowest BCUT2D eigenvalue weighted by atomic mass is 9.87. The van der Waals surface area contributed by atoms with Crippen LogP contribution in [0.3, 0.4) is 0 Å². The second-order valence-electron chi connectivity index (χ2n) is 8.05. The zero-order valence-corrected chi connectivity index (χ0v) is 18.2. The summed E-state index contributed by atoms with van der Waals surface area (Å²) in [6, 6.07) is 14.2. The molecule has 5 heteroatoms. The van der Waals surface area contributed by atoms with E-state index in [9.17, 15) is 4.79 Å². The van der Waals surface area contributed by atoms with E-state index < -0.39 is 0 Å². The van der Waals surface area contributed by atoms with Gasteiger partial charge in [0.25, 0.3) is 0 Å². The second-order valence-corrected chi connectivity index (χ2v) is 8.46. The molecule has 28 heavy (non-hydrogen) atoms.